The predicted molar refractivity (Wildman–Crippen MR) is 110 cm³/mol. The average molecular weight is 418 g/mol. The highest BCUT2D eigenvalue weighted by molar-refractivity contribution is 7.91. The van der Waals surface area contributed by atoms with Crippen LogP contribution >= 0.6 is 11.3 Å². The number of aryl methyl sites for hydroxylation is 1. The summed E-state index contributed by atoms with van der Waals surface area (Å²) in [6, 6.07) is 13.8. The van der Waals surface area contributed by atoms with E-state index in [1.54, 1.807) is 24.3 Å². The Morgan fingerprint density at radius 1 is 1.07 bits per heavy atom. The smallest absolute Gasteiger partial charge is 0.350 e. The molecule has 0 saturated heterocycles. The van der Waals surface area contributed by atoms with E-state index in [1.807, 2.05) is 19.1 Å². The fourth-order valence-corrected chi connectivity index (χ4v) is 5.02. The first-order valence-electron chi connectivity index (χ1n) is 8.51. The van der Waals surface area contributed by atoms with E-state index in [-0.39, 0.29) is 21.9 Å². The van der Waals surface area contributed by atoms with Gasteiger partial charge in [-0.15, -0.1) is 11.3 Å². The second kappa shape index (κ2) is 8.12. The molecular weight excluding hydrogens is 398 g/mol. The Morgan fingerprint density at radius 3 is 2.43 bits per heavy atom. The van der Waals surface area contributed by atoms with E-state index < -0.39 is 21.7 Å². The van der Waals surface area contributed by atoms with E-state index in [0.717, 1.165) is 10.3 Å². The van der Waals surface area contributed by atoms with E-state index in [1.165, 1.54) is 30.6 Å². The van der Waals surface area contributed by atoms with Crippen molar-refractivity contribution in [3.05, 3.63) is 59.0 Å². The molecule has 1 amide bonds. The predicted octanol–water partition coefficient (Wildman–Crippen LogP) is 3.80. The number of anilines is 1. The van der Waals surface area contributed by atoms with Crippen LogP contribution in [-0.4, -0.2) is 33.2 Å². The molecule has 1 aromatic heterocycles. The number of amides is 1. The summed E-state index contributed by atoms with van der Waals surface area (Å²) in [6.45, 7) is 1.87. The SMILES string of the molecule is COC(=O)c1sc2ccccc2c1NC(=O)CCS(=O)(=O)c1ccc(C)cc1. The molecular formula is C20H19NO5S2. The molecule has 0 spiro atoms. The van der Waals surface area contributed by atoms with E-state index in [9.17, 15) is 18.0 Å². The fraction of sp³-hybridized carbons (Fsp3) is 0.200. The van der Waals surface area contributed by atoms with Crippen LogP contribution in [0.5, 0.6) is 0 Å². The Balaban J connectivity index is 1.78. The normalized spacial score (nSPS) is 11.4. The number of sulfone groups is 1. The lowest BCUT2D eigenvalue weighted by Crippen LogP contribution is -2.18. The van der Waals surface area contributed by atoms with Crippen LogP contribution in [0, 0.1) is 6.92 Å². The van der Waals surface area contributed by atoms with Crippen molar-refractivity contribution in [3.63, 3.8) is 0 Å². The first kappa shape index (κ1) is 20.0. The minimum Gasteiger partial charge on any atom is -0.465 e. The summed E-state index contributed by atoms with van der Waals surface area (Å²) >= 11 is 1.21. The van der Waals surface area contributed by atoms with Crippen molar-refractivity contribution in [2.75, 3.05) is 18.2 Å². The van der Waals surface area contributed by atoms with Gasteiger partial charge in [0, 0.05) is 16.5 Å². The van der Waals surface area contributed by atoms with E-state index >= 15 is 0 Å². The lowest BCUT2D eigenvalue weighted by atomic mass is 10.2. The number of carbonyl (C=O) groups is 2. The van der Waals surface area contributed by atoms with Crippen LogP contribution in [0.4, 0.5) is 5.69 Å². The Labute approximate surface area is 167 Å². The highest BCUT2D eigenvalue weighted by atomic mass is 32.2. The molecule has 8 heteroatoms. The number of hydrogen-bond donors (Lipinski definition) is 1. The second-order valence-corrected chi connectivity index (χ2v) is 9.39. The first-order valence-corrected chi connectivity index (χ1v) is 11.0. The van der Waals surface area contributed by atoms with Crippen LogP contribution < -0.4 is 5.32 Å². The summed E-state index contributed by atoms with van der Waals surface area (Å²) in [5.41, 5.74) is 1.31. The molecule has 0 bridgehead atoms. The molecule has 3 aromatic rings. The molecule has 28 heavy (non-hydrogen) atoms. The molecule has 0 aliphatic rings. The summed E-state index contributed by atoms with van der Waals surface area (Å²) in [6.07, 6.45) is -0.221. The van der Waals surface area contributed by atoms with Gasteiger partial charge in [0.25, 0.3) is 0 Å². The zero-order valence-corrected chi connectivity index (χ0v) is 17.0. The number of esters is 1. The molecule has 0 aliphatic heterocycles. The van der Waals surface area contributed by atoms with Crippen molar-refractivity contribution in [2.24, 2.45) is 0 Å². The van der Waals surface area contributed by atoms with Crippen molar-refractivity contribution < 1.29 is 22.7 Å². The molecule has 2 aromatic carbocycles. The van der Waals surface area contributed by atoms with Crippen molar-refractivity contribution in [2.45, 2.75) is 18.2 Å². The van der Waals surface area contributed by atoms with Gasteiger partial charge in [0.1, 0.15) is 4.88 Å². The molecule has 0 unspecified atom stereocenters. The third-order valence-electron chi connectivity index (χ3n) is 4.21. The zero-order chi connectivity index (χ0) is 20.3. The van der Waals surface area contributed by atoms with Crippen molar-refractivity contribution in [1.82, 2.24) is 0 Å². The fourth-order valence-electron chi connectivity index (χ4n) is 2.70. The zero-order valence-electron chi connectivity index (χ0n) is 15.4. The number of ether oxygens (including phenoxy) is 1. The third kappa shape index (κ3) is 4.23. The summed E-state index contributed by atoms with van der Waals surface area (Å²) < 4.78 is 30.5. The van der Waals surface area contributed by atoms with Crippen molar-refractivity contribution in [1.29, 1.82) is 0 Å². The molecule has 1 heterocycles. The number of methoxy groups -OCH3 is 1. The van der Waals surface area contributed by atoms with Crippen LogP contribution in [0.3, 0.4) is 0 Å². The molecule has 146 valence electrons. The van der Waals surface area contributed by atoms with Crippen LogP contribution in [0.2, 0.25) is 0 Å². The Bertz CT molecular complexity index is 1130. The van der Waals surface area contributed by atoms with E-state index in [4.69, 9.17) is 4.74 Å². The average Bonchev–Trinajstić information content (AvgIpc) is 3.05. The Kier molecular flexibility index (Phi) is 5.81. The number of nitrogens with one attached hydrogen (secondary N) is 1. The molecule has 1 N–H and O–H groups in total. The maximum atomic E-state index is 12.4. The monoisotopic (exact) mass is 417 g/mol. The number of carbonyl (C=O) groups excluding carboxylic acids is 2. The largest absolute Gasteiger partial charge is 0.465 e. The lowest BCUT2D eigenvalue weighted by molar-refractivity contribution is -0.115. The van der Waals surface area contributed by atoms with Gasteiger partial charge in [0.15, 0.2) is 9.84 Å². The van der Waals surface area contributed by atoms with Gasteiger partial charge in [-0.1, -0.05) is 35.9 Å². The Hall–Kier alpha value is -2.71. The van der Waals surface area contributed by atoms with Gasteiger partial charge < -0.3 is 10.1 Å². The van der Waals surface area contributed by atoms with Crippen molar-refractivity contribution >= 4 is 48.8 Å². The minimum absolute atomic E-state index is 0.183. The molecule has 0 saturated carbocycles. The lowest BCUT2D eigenvalue weighted by Gasteiger charge is -2.08. The number of benzene rings is 2. The maximum absolute atomic E-state index is 12.4. The Morgan fingerprint density at radius 2 is 1.75 bits per heavy atom. The van der Waals surface area contributed by atoms with Gasteiger partial charge in [-0.2, -0.15) is 0 Å². The minimum atomic E-state index is -3.57. The number of fused-ring (bicyclic) bond motifs is 1. The van der Waals surface area contributed by atoms with Crippen LogP contribution in [0.1, 0.15) is 21.7 Å². The molecule has 6 nitrogen and oxygen atoms in total. The highest BCUT2D eigenvalue weighted by Crippen LogP contribution is 2.36. The van der Waals surface area contributed by atoms with Crippen LogP contribution in [0.25, 0.3) is 10.1 Å². The van der Waals surface area contributed by atoms with Crippen molar-refractivity contribution in [3.8, 4) is 0 Å². The second-order valence-electron chi connectivity index (χ2n) is 6.22. The highest BCUT2D eigenvalue weighted by Gasteiger charge is 2.22. The van der Waals surface area contributed by atoms with Gasteiger partial charge in [0.2, 0.25) is 5.91 Å². The summed E-state index contributed by atoms with van der Waals surface area (Å²) in [5, 5.41) is 3.40. The third-order valence-corrected chi connectivity index (χ3v) is 7.09. The molecule has 3 rings (SSSR count). The van der Waals surface area contributed by atoms with Gasteiger partial charge in [-0.3, -0.25) is 4.79 Å². The summed E-state index contributed by atoms with van der Waals surface area (Å²) in [5.74, 6) is -1.36. The topological polar surface area (TPSA) is 89.5 Å². The van der Waals surface area contributed by atoms with Crippen LogP contribution in [-0.2, 0) is 19.4 Å². The van der Waals surface area contributed by atoms with Gasteiger partial charge in [-0.25, -0.2) is 13.2 Å². The standard InChI is InChI=1S/C20H19NO5S2/c1-13-7-9-14(10-8-13)28(24,25)12-11-17(22)21-18-15-5-3-4-6-16(15)27-19(18)20(23)26-2/h3-10H,11-12H2,1-2H3,(H,21,22). The molecule has 0 radical (unpaired) electrons. The van der Waals surface area contributed by atoms with Gasteiger partial charge in [-0.05, 0) is 25.1 Å². The number of thiophene rings is 1. The maximum Gasteiger partial charge on any atom is 0.350 e. The quantitative estimate of drug-likeness (QED) is 0.616. The van der Waals surface area contributed by atoms with Crippen LogP contribution in [0.15, 0.2) is 53.4 Å². The molecule has 0 atom stereocenters. The number of hydrogen-bond acceptors (Lipinski definition) is 6. The summed E-state index contributed by atoms with van der Waals surface area (Å²) in [4.78, 5) is 24.9. The summed E-state index contributed by atoms with van der Waals surface area (Å²) in [7, 11) is -2.30. The molecule has 0 fully saturated rings. The van der Waals surface area contributed by atoms with Gasteiger partial charge in [0.05, 0.1) is 23.4 Å². The first-order chi connectivity index (χ1) is 13.3. The van der Waals surface area contributed by atoms with E-state index in [2.05, 4.69) is 5.32 Å². The molecule has 0 aliphatic carbocycles. The van der Waals surface area contributed by atoms with Gasteiger partial charge >= 0.3 is 5.97 Å². The number of rotatable bonds is 6. The van der Waals surface area contributed by atoms with E-state index in [0.29, 0.717) is 11.1 Å².